The number of allylic oxidation sites excluding steroid dienone is 2. The third kappa shape index (κ3) is 5.40. The first-order chi connectivity index (χ1) is 13.7. The van der Waals surface area contributed by atoms with Gasteiger partial charge in [0.2, 0.25) is 5.91 Å². The van der Waals surface area contributed by atoms with Gasteiger partial charge in [-0.3, -0.25) is 9.59 Å². The molecule has 0 radical (unpaired) electrons. The molecule has 160 valence electrons. The molecule has 1 aromatic rings. The normalized spacial score (nSPS) is 18.2. The molecule has 0 spiro atoms. The standard InChI is InChI=1S/C24H36N2O3/c1-7-25-23(28)10-8-9-12-26-21-15-22(29-6)20(17(2)11-13-27)14-19(21)18(3)16-24(26,4)5/h11,13-15,18H,7-10,12,16H2,1-6H3,(H,25,28)/b17-11-. The van der Waals surface area contributed by atoms with Crippen LogP contribution in [0, 0.1) is 0 Å². The van der Waals surface area contributed by atoms with Crippen LogP contribution in [0.1, 0.15) is 77.3 Å². The molecule has 5 heteroatoms. The Balaban J connectivity index is 2.32. The Hall–Kier alpha value is -2.30. The van der Waals surface area contributed by atoms with Gasteiger partial charge >= 0.3 is 0 Å². The van der Waals surface area contributed by atoms with Crippen LogP contribution in [-0.2, 0) is 9.59 Å². The molecule has 1 heterocycles. The van der Waals surface area contributed by atoms with E-state index in [-0.39, 0.29) is 11.4 Å². The molecule has 1 aliphatic rings. The summed E-state index contributed by atoms with van der Waals surface area (Å²) in [7, 11) is 1.67. The fourth-order valence-corrected chi connectivity index (χ4v) is 4.44. The Kier molecular flexibility index (Phi) is 7.88. The minimum absolute atomic E-state index is 0.0261. The summed E-state index contributed by atoms with van der Waals surface area (Å²) in [6.07, 6.45) is 5.87. The largest absolute Gasteiger partial charge is 0.496 e. The number of nitrogens with one attached hydrogen (secondary N) is 1. The zero-order chi connectivity index (χ0) is 21.6. The highest BCUT2D eigenvalue weighted by atomic mass is 16.5. The number of unbranched alkanes of at least 4 members (excludes halogenated alkanes) is 1. The fourth-order valence-electron chi connectivity index (χ4n) is 4.44. The number of rotatable bonds is 9. The number of methoxy groups -OCH3 is 1. The average Bonchev–Trinajstić information content (AvgIpc) is 2.66. The van der Waals surface area contributed by atoms with Crippen LogP contribution >= 0.6 is 0 Å². The van der Waals surface area contributed by atoms with Gasteiger partial charge in [0.1, 0.15) is 12.0 Å². The molecular formula is C24H36N2O3. The second-order valence-electron chi connectivity index (χ2n) is 8.58. The van der Waals surface area contributed by atoms with Gasteiger partial charge in [-0.2, -0.15) is 0 Å². The number of amides is 1. The fraction of sp³-hybridized carbons (Fsp3) is 0.583. The number of anilines is 1. The molecule has 29 heavy (non-hydrogen) atoms. The maximum Gasteiger partial charge on any atom is 0.219 e. The molecule has 1 atom stereocenters. The molecule has 0 bridgehead atoms. The van der Waals surface area contributed by atoms with Crippen LogP contribution in [0.25, 0.3) is 5.57 Å². The van der Waals surface area contributed by atoms with Crippen molar-refractivity contribution in [3.8, 4) is 5.75 Å². The number of nitrogens with zero attached hydrogens (tertiary/aromatic N) is 1. The quantitative estimate of drug-likeness (QED) is 0.371. The van der Waals surface area contributed by atoms with Crippen molar-refractivity contribution in [3.05, 3.63) is 29.3 Å². The Labute approximate surface area is 175 Å². The zero-order valence-electron chi connectivity index (χ0n) is 18.8. The summed E-state index contributed by atoms with van der Waals surface area (Å²) in [6.45, 7) is 12.3. The highest BCUT2D eigenvalue weighted by molar-refractivity contribution is 5.84. The molecule has 1 unspecified atom stereocenters. The molecule has 5 nitrogen and oxygen atoms in total. The molecule has 0 aliphatic carbocycles. The van der Waals surface area contributed by atoms with Crippen molar-refractivity contribution < 1.29 is 14.3 Å². The average molecular weight is 401 g/mol. The van der Waals surface area contributed by atoms with Crippen LogP contribution in [0.4, 0.5) is 5.69 Å². The number of hydrogen-bond donors (Lipinski definition) is 1. The van der Waals surface area contributed by atoms with Crippen LogP contribution < -0.4 is 15.0 Å². The number of benzene rings is 1. The summed E-state index contributed by atoms with van der Waals surface area (Å²) in [5.41, 5.74) is 4.40. The maximum atomic E-state index is 11.7. The maximum absolute atomic E-state index is 11.7. The van der Waals surface area contributed by atoms with E-state index in [1.165, 1.54) is 11.3 Å². The van der Waals surface area contributed by atoms with E-state index in [0.717, 1.165) is 49.0 Å². The van der Waals surface area contributed by atoms with Gasteiger partial charge in [0.25, 0.3) is 0 Å². The summed E-state index contributed by atoms with van der Waals surface area (Å²) in [5, 5.41) is 2.86. The monoisotopic (exact) mass is 400 g/mol. The minimum atomic E-state index is 0.0261. The van der Waals surface area contributed by atoms with Gasteiger partial charge in [-0.15, -0.1) is 0 Å². The van der Waals surface area contributed by atoms with Crippen molar-refractivity contribution in [2.24, 2.45) is 0 Å². The highest BCUT2D eigenvalue weighted by Gasteiger charge is 2.36. The molecule has 0 fully saturated rings. The summed E-state index contributed by atoms with van der Waals surface area (Å²) in [6, 6.07) is 4.30. The number of hydrogen-bond acceptors (Lipinski definition) is 4. The molecule has 2 rings (SSSR count). The van der Waals surface area contributed by atoms with Crippen LogP contribution in [0.5, 0.6) is 5.75 Å². The number of aldehydes is 1. The molecular weight excluding hydrogens is 364 g/mol. The topological polar surface area (TPSA) is 58.6 Å². The van der Waals surface area contributed by atoms with E-state index >= 15 is 0 Å². The summed E-state index contributed by atoms with van der Waals surface area (Å²) >= 11 is 0. The highest BCUT2D eigenvalue weighted by Crippen LogP contribution is 2.46. The van der Waals surface area contributed by atoms with E-state index in [2.05, 4.69) is 43.1 Å². The summed E-state index contributed by atoms with van der Waals surface area (Å²) < 4.78 is 5.68. The Morgan fingerprint density at radius 1 is 1.34 bits per heavy atom. The lowest BCUT2D eigenvalue weighted by Crippen LogP contribution is -2.48. The van der Waals surface area contributed by atoms with E-state index in [9.17, 15) is 9.59 Å². The van der Waals surface area contributed by atoms with Crippen molar-refractivity contribution in [2.45, 2.75) is 71.8 Å². The van der Waals surface area contributed by atoms with Crippen molar-refractivity contribution in [1.82, 2.24) is 5.32 Å². The molecule has 0 aromatic heterocycles. The van der Waals surface area contributed by atoms with Gasteiger partial charge in [-0.25, -0.2) is 0 Å². The number of ether oxygens (including phenoxy) is 1. The first-order valence-corrected chi connectivity index (χ1v) is 10.6. The van der Waals surface area contributed by atoms with Crippen LogP contribution in [-0.4, -0.2) is 37.9 Å². The second kappa shape index (κ2) is 9.95. The predicted molar refractivity (Wildman–Crippen MR) is 120 cm³/mol. The second-order valence-corrected chi connectivity index (χ2v) is 8.58. The first kappa shape index (κ1) is 23.0. The molecule has 1 amide bonds. The van der Waals surface area contributed by atoms with Gasteiger partial charge in [0, 0.05) is 42.4 Å². The lowest BCUT2D eigenvalue weighted by atomic mass is 9.79. The van der Waals surface area contributed by atoms with Crippen molar-refractivity contribution in [2.75, 3.05) is 25.1 Å². The predicted octanol–water partition coefficient (Wildman–Crippen LogP) is 4.70. The Morgan fingerprint density at radius 3 is 2.69 bits per heavy atom. The van der Waals surface area contributed by atoms with Crippen molar-refractivity contribution in [3.63, 3.8) is 0 Å². The lowest BCUT2D eigenvalue weighted by Gasteiger charge is -2.48. The van der Waals surface area contributed by atoms with E-state index < -0.39 is 0 Å². The van der Waals surface area contributed by atoms with Gasteiger partial charge < -0.3 is 15.0 Å². The third-order valence-corrected chi connectivity index (χ3v) is 5.86. The molecule has 0 saturated heterocycles. The molecule has 1 aromatic carbocycles. The zero-order valence-corrected chi connectivity index (χ0v) is 18.8. The first-order valence-electron chi connectivity index (χ1n) is 10.6. The van der Waals surface area contributed by atoms with Gasteiger partial charge in [0.15, 0.2) is 0 Å². The molecule has 1 aliphatic heterocycles. The summed E-state index contributed by atoms with van der Waals surface area (Å²) in [5.74, 6) is 1.33. The molecule has 0 saturated carbocycles. The van der Waals surface area contributed by atoms with E-state index in [0.29, 0.717) is 18.9 Å². The number of carbonyl (C=O) groups excluding carboxylic acids is 2. The van der Waals surface area contributed by atoms with Crippen molar-refractivity contribution in [1.29, 1.82) is 0 Å². The Morgan fingerprint density at radius 2 is 2.07 bits per heavy atom. The van der Waals surface area contributed by atoms with Crippen molar-refractivity contribution >= 4 is 23.5 Å². The van der Waals surface area contributed by atoms with Gasteiger partial charge in [-0.1, -0.05) is 6.92 Å². The SMILES string of the molecule is CCNC(=O)CCCCN1c2cc(OC)c(/C(C)=C\C=O)cc2C(C)CC1(C)C. The number of carbonyl (C=O) groups is 2. The van der Waals surface area contributed by atoms with Crippen LogP contribution in [0.3, 0.4) is 0 Å². The van der Waals surface area contributed by atoms with Crippen LogP contribution in [0.2, 0.25) is 0 Å². The lowest BCUT2D eigenvalue weighted by molar-refractivity contribution is -0.121. The molecule has 1 N–H and O–H groups in total. The Bertz CT molecular complexity index is 768. The number of fused-ring (bicyclic) bond motifs is 1. The van der Waals surface area contributed by atoms with Gasteiger partial charge in [-0.05, 0) is 76.2 Å². The van der Waals surface area contributed by atoms with Crippen LogP contribution in [0.15, 0.2) is 18.2 Å². The van der Waals surface area contributed by atoms with E-state index in [1.54, 1.807) is 13.2 Å². The third-order valence-electron chi connectivity index (χ3n) is 5.86. The summed E-state index contributed by atoms with van der Waals surface area (Å²) in [4.78, 5) is 25.2. The van der Waals surface area contributed by atoms with E-state index in [1.807, 2.05) is 13.8 Å². The smallest absolute Gasteiger partial charge is 0.219 e. The van der Waals surface area contributed by atoms with Gasteiger partial charge in [0.05, 0.1) is 7.11 Å². The van der Waals surface area contributed by atoms with E-state index in [4.69, 9.17) is 4.74 Å². The minimum Gasteiger partial charge on any atom is -0.496 e.